The average Bonchev–Trinajstić information content (AvgIpc) is 2.09. The van der Waals surface area contributed by atoms with Gasteiger partial charge in [-0.3, -0.25) is 4.99 Å². The van der Waals surface area contributed by atoms with E-state index in [4.69, 9.17) is 10.5 Å². The largest absolute Gasteiger partial charge is 0.478 e. The van der Waals surface area contributed by atoms with E-state index >= 15 is 0 Å². The topological polar surface area (TPSA) is 47.6 Å². The predicted molar refractivity (Wildman–Crippen MR) is 45.4 cm³/mol. The van der Waals surface area contributed by atoms with Gasteiger partial charge in [0.15, 0.2) is 0 Å². The first-order valence-electron chi connectivity index (χ1n) is 3.97. The number of aliphatic imine (C=N–C) groups is 1. The molecule has 0 aromatic rings. The first kappa shape index (κ1) is 8.11. The lowest BCUT2D eigenvalue weighted by atomic mass is 10.2. The van der Waals surface area contributed by atoms with Crippen LogP contribution in [-0.2, 0) is 4.74 Å². The summed E-state index contributed by atoms with van der Waals surface area (Å²) in [5.74, 6) is 0.737. The molecule has 3 heteroatoms. The van der Waals surface area contributed by atoms with Gasteiger partial charge in [-0.25, -0.2) is 0 Å². The Morgan fingerprint density at radius 3 is 3.09 bits per heavy atom. The lowest BCUT2D eigenvalue weighted by molar-refractivity contribution is 0.282. The Balaban J connectivity index is 2.63. The molecule has 0 bridgehead atoms. The Kier molecular flexibility index (Phi) is 2.95. The molecular formula is C8H14N2O. The number of rotatable bonds is 2. The van der Waals surface area contributed by atoms with Gasteiger partial charge in [0.2, 0.25) is 5.90 Å². The Labute approximate surface area is 66.9 Å². The lowest BCUT2D eigenvalue weighted by Gasteiger charge is -2.14. The molecule has 0 aliphatic carbocycles. The maximum atomic E-state index is 5.39. The van der Waals surface area contributed by atoms with Crippen molar-refractivity contribution in [2.45, 2.75) is 19.8 Å². The lowest BCUT2D eigenvalue weighted by Crippen LogP contribution is -2.16. The highest BCUT2D eigenvalue weighted by molar-refractivity contribution is 5.93. The van der Waals surface area contributed by atoms with E-state index < -0.39 is 0 Å². The third kappa shape index (κ3) is 1.97. The van der Waals surface area contributed by atoms with Crippen molar-refractivity contribution in [1.82, 2.24) is 0 Å². The standard InChI is InChI=1S/C8H14N2O/c1-2-7(6-9)8-10-4-3-5-11-8/h6H,2-5,9H2,1H3/b7-6-. The first-order chi connectivity index (χ1) is 5.38. The second-order valence-electron chi connectivity index (χ2n) is 2.43. The van der Waals surface area contributed by atoms with Gasteiger partial charge < -0.3 is 10.5 Å². The minimum Gasteiger partial charge on any atom is -0.478 e. The van der Waals surface area contributed by atoms with Gasteiger partial charge in [0.1, 0.15) is 0 Å². The van der Waals surface area contributed by atoms with Gasteiger partial charge in [-0.2, -0.15) is 0 Å². The van der Waals surface area contributed by atoms with Crippen molar-refractivity contribution >= 4 is 5.90 Å². The fraction of sp³-hybridized carbons (Fsp3) is 0.625. The molecule has 11 heavy (non-hydrogen) atoms. The molecule has 0 atom stereocenters. The number of nitrogens with two attached hydrogens (primary N) is 1. The zero-order valence-electron chi connectivity index (χ0n) is 6.84. The highest BCUT2D eigenvalue weighted by atomic mass is 16.5. The smallest absolute Gasteiger partial charge is 0.213 e. The van der Waals surface area contributed by atoms with Crippen LogP contribution in [0.25, 0.3) is 0 Å². The van der Waals surface area contributed by atoms with Crippen LogP contribution in [0.1, 0.15) is 19.8 Å². The molecular weight excluding hydrogens is 140 g/mol. The summed E-state index contributed by atoms with van der Waals surface area (Å²) in [5, 5.41) is 0. The fourth-order valence-corrected chi connectivity index (χ4v) is 0.994. The van der Waals surface area contributed by atoms with Crippen LogP contribution in [0.2, 0.25) is 0 Å². The summed E-state index contributed by atoms with van der Waals surface area (Å²) in [7, 11) is 0. The molecule has 0 saturated heterocycles. The van der Waals surface area contributed by atoms with Crippen molar-refractivity contribution in [2.75, 3.05) is 13.2 Å². The molecule has 0 spiro atoms. The molecule has 1 aliphatic rings. The zero-order chi connectivity index (χ0) is 8.10. The quantitative estimate of drug-likeness (QED) is 0.646. The van der Waals surface area contributed by atoms with Crippen LogP contribution in [0.3, 0.4) is 0 Å². The zero-order valence-corrected chi connectivity index (χ0v) is 6.84. The summed E-state index contributed by atoms with van der Waals surface area (Å²) < 4.78 is 5.32. The van der Waals surface area contributed by atoms with Crippen LogP contribution < -0.4 is 5.73 Å². The van der Waals surface area contributed by atoms with Crippen LogP contribution >= 0.6 is 0 Å². The van der Waals surface area contributed by atoms with E-state index in [-0.39, 0.29) is 0 Å². The van der Waals surface area contributed by atoms with Gasteiger partial charge in [0, 0.05) is 24.7 Å². The van der Waals surface area contributed by atoms with E-state index in [1.54, 1.807) is 6.20 Å². The molecule has 0 radical (unpaired) electrons. The second-order valence-corrected chi connectivity index (χ2v) is 2.43. The Hall–Kier alpha value is -0.990. The molecule has 1 aliphatic heterocycles. The molecule has 2 N–H and O–H groups in total. The van der Waals surface area contributed by atoms with Crippen LogP contribution in [0.5, 0.6) is 0 Å². The Morgan fingerprint density at radius 2 is 2.64 bits per heavy atom. The molecule has 3 nitrogen and oxygen atoms in total. The van der Waals surface area contributed by atoms with Crippen molar-refractivity contribution in [3.05, 3.63) is 11.8 Å². The number of hydrogen-bond donors (Lipinski definition) is 1. The normalized spacial score (nSPS) is 19.0. The van der Waals surface area contributed by atoms with Crippen LogP contribution in [-0.4, -0.2) is 19.0 Å². The third-order valence-corrected chi connectivity index (χ3v) is 1.65. The first-order valence-corrected chi connectivity index (χ1v) is 3.97. The molecule has 0 aromatic heterocycles. The maximum Gasteiger partial charge on any atom is 0.213 e. The Morgan fingerprint density at radius 1 is 1.82 bits per heavy atom. The SMILES string of the molecule is CC/C(=C/N)C1=NCCCO1. The Bertz CT molecular complexity index is 185. The van der Waals surface area contributed by atoms with E-state index in [9.17, 15) is 0 Å². The molecule has 1 heterocycles. The average molecular weight is 154 g/mol. The van der Waals surface area contributed by atoms with Gasteiger partial charge in [-0.05, 0) is 6.42 Å². The summed E-state index contributed by atoms with van der Waals surface area (Å²) in [4.78, 5) is 4.22. The number of nitrogens with zero attached hydrogens (tertiary/aromatic N) is 1. The molecule has 0 saturated carbocycles. The number of ether oxygens (including phenoxy) is 1. The number of hydrogen-bond acceptors (Lipinski definition) is 3. The van der Waals surface area contributed by atoms with Crippen molar-refractivity contribution < 1.29 is 4.74 Å². The maximum absolute atomic E-state index is 5.39. The van der Waals surface area contributed by atoms with Gasteiger partial charge >= 0.3 is 0 Å². The van der Waals surface area contributed by atoms with E-state index in [0.717, 1.165) is 37.5 Å². The second kappa shape index (κ2) is 4.01. The van der Waals surface area contributed by atoms with Crippen molar-refractivity contribution in [3.8, 4) is 0 Å². The van der Waals surface area contributed by atoms with Gasteiger partial charge in [0.05, 0.1) is 6.61 Å². The monoisotopic (exact) mass is 154 g/mol. The van der Waals surface area contributed by atoms with E-state index in [1.165, 1.54) is 0 Å². The minimum absolute atomic E-state index is 0.737. The van der Waals surface area contributed by atoms with E-state index in [0.29, 0.717) is 0 Å². The highest BCUT2D eigenvalue weighted by Gasteiger charge is 2.08. The van der Waals surface area contributed by atoms with Crippen molar-refractivity contribution in [3.63, 3.8) is 0 Å². The highest BCUT2D eigenvalue weighted by Crippen LogP contribution is 2.07. The molecule has 0 amide bonds. The van der Waals surface area contributed by atoms with Crippen LogP contribution in [0.15, 0.2) is 16.8 Å². The molecule has 0 fully saturated rings. The summed E-state index contributed by atoms with van der Waals surface area (Å²) >= 11 is 0. The van der Waals surface area contributed by atoms with Gasteiger partial charge in [-0.1, -0.05) is 6.92 Å². The molecule has 1 rings (SSSR count). The van der Waals surface area contributed by atoms with Gasteiger partial charge in [0.25, 0.3) is 0 Å². The van der Waals surface area contributed by atoms with Crippen molar-refractivity contribution in [2.24, 2.45) is 10.7 Å². The van der Waals surface area contributed by atoms with Crippen LogP contribution in [0.4, 0.5) is 0 Å². The van der Waals surface area contributed by atoms with E-state index in [1.807, 2.05) is 6.92 Å². The molecule has 62 valence electrons. The third-order valence-electron chi connectivity index (χ3n) is 1.65. The van der Waals surface area contributed by atoms with Crippen LogP contribution in [0, 0.1) is 0 Å². The predicted octanol–water partition coefficient (Wildman–Crippen LogP) is 1.06. The molecule has 0 aromatic carbocycles. The fourth-order valence-electron chi connectivity index (χ4n) is 0.994. The van der Waals surface area contributed by atoms with Crippen molar-refractivity contribution in [1.29, 1.82) is 0 Å². The summed E-state index contributed by atoms with van der Waals surface area (Å²) in [6.45, 7) is 3.68. The minimum atomic E-state index is 0.737. The summed E-state index contributed by atoms with van der Waals surface area (Å²) in [6.07, 6.45) is 3.48. The summed E-state index contributed by atoms with van der Waals surface area (Å²) in [6, 6.07) is 0. The summed E-state index contributed by atoms with van der Waals surface area (Å²) in [5.41, 5.74) is 6.40. The van der Waals surface area contributed by atoms with E-state index in [2.05, 4.69) is 4.99 Å². The molecule has 0 unspecified atom stereocenters. The van der Waals surface area contributed by atoms with Gasteiger partial charge in [-0.15, -0.1) is 0 Å².